The summed E-state index contributed by atoms with van der Waals surface area (Å²) >= 11 is 0. The summed E-state index contributed by atoms with van der Waals surface area (Å²) in [6.07, 6.45) is 1.26. The van der Waals surface area contributed by atoms with Gasteiger partial charge < -0.3 is 14.6 Å². The first-order valence-corrected chi connectivity index (χ1v) is 6.54. The van der Waals surface area contributed by atoms with Gasteiger partial charge in [-0.3, -0.25) is 15.5 Å². The zero-order valence-electron chi connectivity index (χ0n) is 12.5. The Bertz CT molecular complexity index is 746. The second kappa shape index (κ2) is 7.12. The monoisotopic (exact) mass is 317 g/mol. The summed E-state index contributed by atoms with van der Waals surface area (Å²) in [6.45, 7) is 0. The van der Waals surface area contributed by atoms with Gasteiger partial charge in [0.25, 0.3) is 5.69 Å². The third-order valence-corrected chi connectivity index (χ3v) is 3.02. The molecule has 8 nitrogen and oxygen atoms in total. The predicted octanol–water partition coefficient (Wildman–Crippen LogP) is 2.76. The fourth-order valence-corrected chi connectivity index (χ4v) is 1.88. The van der Waals surface area contributed by atoms with Gasteiger partial charge in [0, 0.05) is 11.6 Å². The van der Waals surface area contributed by atoms with Crippen LogP contribution in [-0.4, -0.2) is 30.5 Å². The van der Waals surface area contributed by atoms with Crippen molar-refractivity contribution in [1.29, 1.82) is 0 Å². The molecular weight excluding hydrogens is 302 g/mol. The minimum Gasteiger partial charge on any atom is -0.504 e. The number of nitro groups is 1. The molecule has 0 aliphatic heterocycles. The number of aromatic hydroxyl groups is 1. The molecule has 2 N–H and O–H groups in total. The van der Waals surface area contributed by atoms with E-state index in [0.29, 0.717) is 11.4 Å². The van der Waals surface area contributed by atoms with Crippen LogP contribution in [0.5, 0.6) is 17.2 Å². The summed E-state index contributed by atoms with van der Waals surface area (Å²) in [5.74, 6) is 0.354. The number of hydrogen-bond acceptors (Lipinski definition) is 7. The van der Waals surface area contributed by atoms with E-state index in [1.54, 1.807) is 18.2 Å². The summed E-state index contributed by atoms with van der Waals surface area (Å²) in [5.41, 5.74) is 3.30. The van der Waals surface area contributed by atoms with Crippen molar-refractivity contribution in [2.75, 3.05) is 19.6 Å². The highest BCUT2D eigenvalue weighted by Gasteiger charge is 2.15. The highest BCUT2D eigenvalue weighted by atomic mass is 16.6. The van der Waals surface area contributed by atoms with Crippen LogP contribution in [0.3, 0.4) is 0 Å². The summed E-state index contributed by atoms with van der Waals surface area (Å²) in [5, 5.41) is 24.9. The van der Waals surface area contributed by atoms with Crippen molar-refractivity contribution in [1.82, 2.24) is 0 Å². The van der Waals surface area contributed by atoms with Gasteiger partial charge in [0.15, 0.2) is 11.5 Å². The second-order valence-corrected chi connectivity index (χ2v) is 4.41. The number of phenolic OH excluding ortho intramolecular Hbond substituents is 1. The molecule has 0 aliphatic carbocycles. The Morgan fingerprint density at radius 3 is 2.57 bits per heavy atom. The molecule has 0 amide bonds. The number of hydrazone groups is 1. The largest absolute Gasteiger partial charge is 0.504 e. The van der Waals surface area contributed by atoms with Gasteiger partial charge in [0.1, 0.15) is 5.75 Å². The molecule has 0 saturated carbocycles. The van der Waals surface area contributed by atoms with E-state index >= 15 is 0 Å². The molecule has 0 aliphatic rings. The molecule has 0 unspecified atom stereocenters. The van der Waals surface area contributed by atoms with Gasteiger partial charge in [-0.1, -0.05) is 12.1 Å². The quantitative estimate of drug-likeness (QED) is 0.482. The maximum atomic E-state index is 10.9. The Hall–Kier alpha value is -3.29. The minimum atomic E-state index is -0.576. The number of methoxy groups -OCH3 is 2. The van der Waals surface area contributed by atoms with Crippen LogP contribution in [0, 0.1) is 10.1 Å². The molecule has 2 rings (SSSR count). The van der Waals surface area contributed by atoms with Crippen LogP contribution in [0.4, 0.5) is 11.4 Å². The topological polar surface area (TPSA) is 106 Å². The first-order valence-electron chi connectivity index (χ1n) is 6.54. The lowest BCUT2D eigenvalue weighted by molar-refractivity contribution is -0.385. The molecule has 0 fully saturated rings. The third-order valence-electron chi connectivity index (χ3n) is 3.02. The molecule has 0 atom stereocenters. The number of non-ortho nitro benzene ring substituents is 1. The number of phenols is 1. The molecule has 0 radical (unpaired) electrons. The van der Waals surface area contributed by atoms with Crippen molar-refractivity contribution < 1.29 is 19.5 Å². The van der Waals surface area contributed by atoms with Crippen LogP contribution in [0.25, 0.3) is 0 Å². The van der Waals surface area contributed by atoms with E-state index in [-0.39, 0.29) is 22.7 Å². The summed E-state index contributed by atoms with van der Waals surface area (Å²) in [4.78, 5) is 10.3. The lowest BCUT2D eigenvalue weighted by Gasteiger charge is -2.07. The van der Waals surface area contributed by atoms with Gasteiger partial charge in [-0.05, 0) is 12.1 Å². The van der Waals surface area contributed by atoms with E-state index < -0.39 is 4.92 Å². The van der Waals surface area contributed by atoms with Crippen molar-refractivity contribution in [3.63, 3.8) is 0 Å². The van der Waals surface area contributed by atoms with E-state index in [1.165, 1.54) is 26.5 Å². The Morgan fingerprint density at radius 1 is 1.22 bits per heavy atom. The van der Waals surface area contributed by atoms with E-state index in [9.17, 15) is 15.2 Å². The van der Waals surface area contributed by atoms with E-state index in [4.69, 9.17) is 9.47 Å². The molecule has 0 heterocycles. The Balaban J connectivity index is 2.28. The Kier molecular flexibility index (Phi) is 4.98. The molecule has 2 aromatic rings. The Morgan fingerprint density at radius 2 is 1.91 bits per heavy atom. The average molecular weight is 317 g/mol. The summed E-state index contributed by atoms with van der Waals surface area (Å²) in [7, 11) is 2.84. The van der Waals surface area contributed by atoms with Crippen LogP contribution in [0.1, 0.15) is 5.56 Å². The van der Waals surface area contributed by atoms with Gasteiger partial charge >= 0.3 is 0 Å². The second-order valence-electron chi connectivity index (χ2n) is 4.41. The minimum absolute atomic E-state index is 0.00191. The van der Waals surface area contributed by atoms with Gasteiger partial charge in [-0.2, -0.15) is 5.10 Å². The molecule has 0 saturated heterocycles. The molecule has 0 spiro atoms. The summed E-state index contributed by atoms with van der Waals surface area (Å²) < 4.78 is 10.1. The number of ether oxygens (including phenoxy) is 2. The SMILES string of the molecule is COc1ccccc1N/N=C/c1cc([N+](=O)[O-])cc(OC)c1O. The molecule has 120 valence electrons. The molecule has 0 bridgehead atoms. The Labute approximate surface area is 132 Å². The van der Waals surface area contributed by atoms with E-state index in [1.807, 2.05) is 6.07 Å². The highest BCUT2D eigenvalue weighted by Crippen LogP contribution is 2.33. The van der Waals surface area contributed by atoms with Gasteiger partial charge in [-0.25, -0.2) is 0 Å². The number of nitrogens with zero attached hydrogens (tertiary/aromatic N) is 2. The molecular formula is C15H15N3O5. The zero-order chi connectivity index (χ0) is 16.8. The van der Waals surface area contributed by atoms with Crippen LogP contribution >= 0.6 is 0 Å². The van der Waals surface area contributed by atoms with E-state index in [2.05, 4.69) is 10.5 Å². The standard InChI is InChI=1S/C15H15N3O5/c1-22-13-6-4-3-5-12(13)17-16-9-10-7-11(18(20)21)8-14(23-2)15(10)19/h3-9,17,19H,1-2H3/b16-9+. The first kappa shape index (κ1) is 16.1. The normalized spacial score (nSPS) is 10.5. The van der Waals surface area contributed by atoms with Crippen molar-refractivity contribution in [2.24, 2.45) is 5.10 Å². The highest BCUT2D eigenvalue weighted by molar-refractivity contribution is 5.86. The average Bonchev–Trinajstić information content (AvgIpc) is 2.56. The van der Waals surface area contributed by atoms with Crippen LogP contribution in [0.2, 0.25) is 0 Å². The third kappa shape index (κ3) is 3.67. The summed E-state index contributed by atoms with van der Waals surface area (Å²) in [6, 6.07) is 9.46. The molecule has 8 heteroatoms. The van der Waals surface area contributed by atoms with Crippen LogP contribution in [-0.2, 0) is 0 Å². The number of benzene rings is 2. The van der Waals surface area contributed by atoms with Crippen molar-refractivity contribution in [2.45, 2.75) is 0 Å². The lowest BCUT2D eigenvalue weighted by atomic mass is 10.2. The molecule has 23 heavy (non-hydrogen) atoms. The predicted molar refractivity (Wildman–Crippen MR) is 85.5 cm³/mol. The number of rotatable bonds is 6. The van der Waals surface area contributed by atoms with Crippen molar-refractivity contribution >= 4 is 17.6 Å². The fourth-order valence-electron chi connectivity index (χ4n) is 1.88. The zero-order valence-corrected chi connectivity index (χ0v) is 12.5. The van der Waals surface area contributed by atoms with Gasteiger partial charge in [0.05, 0.1) is 37.1 Å². The van der Waals surface area contributed by atoms with Crippen LogP contribution in [0.15, 0.2) is 41.5 Å². The van der Waals surface area contributed by atoms with Crippen molar-refractivity contribution in [3.8, 4) is 17.2 Å². The number of para-hydroxylation sites is 2. The van der Waals surface area contributed by atoms with Crippen molar-refractivity contribution in [3.05, 3.63) is 52.1 Å². The number of hydrogen-bond donors (Lipinski definition) is 2. The molecule has 2 aromatic carbocycles. The van der Waals surface area contributed by atoms with E-state index in [0.717, 1.165) is 6.07 Å². The lowest BCUT2D eigenvalue weighted by Crippen LogP contribution is -1.97. The smallest absolute Gasteiger partial charge is 0.274 e. The van der Waals surface area contributed by atoms with Crippen LogP contribution < -0.4 is 14.9 Å². The van der Waals surface area contributed by atoms with Gasteiger partial charge in [0.2, 0.25) is 0 Å². The number of nitrogens with one attached hydrogen (secondary N) is 1. The first-order chi connectivity index (χ1) is 11.1. The fraction of sp³-hybridized carbons (Fsp3) is 0.133. The maximum Gasteiger partial charge on any atom is 0.274 e. The number of nitro benzene ring substituents is 1. The van der Waals surface area contributed by atoms with Gasteiger partial charge in [-0.15, -0.1) is 0 Å². The number of anilines is 1. The molecule has 0 aromatic heterocycles. The maximum absolute atomic E-state index is 10.9.